The molecule has 3 rings (SSSR count). The first kappa shape index (κ1) is 23.8. The van der Waals surface area contributed by atoms with E-state index >= 15 is 0 Å². The number of hydrogen-bond donors (Lipinski definition) is 0. The maximum absolute atomic E-state index is 13.3. The minimum absolute atomic E-state index is 0.0214. The quantitative estimate of drug-likeness (QED) is 0.409. The smallest absolute Gasteiger partial charge is 0.315 e. The summed E-state index contributed by atoms with van der Waals surface area (Å²) in [6.07, 6.45) is 4.75. The lowest BCUT2D eigenvalue weighted by atomic mass is 9.71. The van der Waals surface area contributed by atoms with Crippen molar-refractivity contribution >= 4 is 17.5 Å². The summed E-state index contributed by atoms with van der Waals surface area (Å²) in [5, 5.41) is 0. The van der Waals surface area contributed by atoms with Gasteiger partial charge in [0.05, 0.1) is 27.9 Å². The molecule has 0 amide bonds. The zero-order valence-electron chi connectivity index (χ0n) is 19.7. The van der Waals surface area contributed by atoms with Crippen LogP contribution in [0.3, 0.4) is 0 Å². The molecule has 0 spiro atoms. The van der Waals surface area contributed by atoms with Gasteiger partial charge in [-0.2, -0.15) is 0 Å². The van der Waals surface area contributed by atoms with Crippen molar-refractivity contribution in [2.75, 3.05) is 27.9 Å². The molecule has 1 aromatic rings. The first-order valence-corrected chi connectivity index (χ1v) is 11.2. The average molecular weight is 444 g/mol. The third-order valence-corrected chi connectivity index (χ3v) is 6.15. The van der Waals surface area contributed by atoms with Gasteiger partial charge in [0.15, 0.2) is 17.3 Å². The molecule has 1 aliphatic carbocycles. The lowest BCUT2D eigenvalue weighted by Crippen LogP contribution is -2.37. The van der Waals surface area contributed by atoms with Gasteiger partial charge in [0.1, 0.15) is 5.92 Å². The number of methoxy groups -OCH3 is 3. The SMILES string of the molecule is CCCCCOC(=O)C1C(C)=NC2=C(C(=O)CCC2)[C@H]1c1ccc(OC)c(OC)c1OC. The van der Waals surface area contributed by atoms with Gasteiger partial charge in [-0.25, -0.2) is 0 Å². The molecule has 7 nitrogen and oxygen atoms in total. The van der Waals surface area contributed by atoms with E-state index in [4.69, 9.17) is 18.9 Å². The van der Waals surface area contributed by atoms with Crippen molar-refractivity contribution in [2.45, 2.75) is 58.3 Å². The van der Waals surface area contributed by atoms with Crippen molar-refractivity contribution in [1.29, 1.82) is 0 Å². The van der Waals surface area contributed by atoms with Gasteiger partial charge in [-0.15, -0.1) is 0 Å². The van der Waals surface area contributed by atoms with Crippen LogP contribution in [0, 0.1) is 5.92 Å². The van der Waals surface area contributed by atoms with Crippen LogP contribution in [0.25, 0.3) is 0 Å². The maximum Gasteiger partial charge on any atom is 0.315 e. The first-order chi connectivity index (χ1) is 15.5. The monoisotopic (exact) mass is 443 g/mol. The number of carbonyl (C=O) groups is 2. The summed E-state index contributed by atoms with van der Waals surface area (Å²) in [5.41, 5.74) is 2.69. The highest BCUT2D eigenvalue weighted by Gasteiger charge is 2.44. The Balaban J connectivity index is 2.13. The molecule has 1 unspecified atom stereocenters. The Kier molecular flexibility index (Phi) is 7.94. The van der Waals surface area contributed by atoms with Crippen LogP contribution in [-0.2, 0) is 14.3 Å². The van der Waals surface area contributed by atoms with Crippen molar-refractivity contribution in [3.63, 3.8) is 0 Å². The molecule has 0 bridgehead atoms. The number of aliphatic imine (C=N–C) groups is 1. The number of hydrogen-bond acceptors (Lipinski definition) is 7. The van der Waals surface area contributed by atoms with Crippen molar-refractivity contribution < 1.29 is 28.5 Å². The summed E-state index contributed by atoms with van der Waals surface area (Å²) in [6, 6.07) is 3.61. The highest BCUT2D eigenvalue weighted by molar-refractivity contribution is 6.09. The van der Waals surface area contributed by atoms with Crippen molar-refractivity contribution in [2.24, 2.45) is 10.9 Å². The topological polar surface area (TPSA) is 83.4 Å². The van der Waals surface area contributed by atoms with Gasteiger partial charge >= 0.3 is 5.97 Å². The fourth-order valence-corrected chi connectivity index (χ4v) is 4.63. The molecule has 1 heterocycles. The Morgan fingerprint density at radius 2 is 1.81 bits per heavy atom. The van der Waals surface area contributed by atoms with Gasteiger partial charge in [0.25, 0.3) is 0 Å². The van der Waals surface area contributed by atoms with E-state index in [1.54, 1.807) is 20.3 Å². The lowest BCUT2D eigenvalue weighted by Gasteiger charge is -2.35. The Hall–Kier alpha value is -2.83. The number of Topliss-reactive ketones (excluding diaryl/α,β-unsaturated/α-hetero) is 1. The fraction of sp³-hybridized carbons (Fsp3) is 0.560. The van der Waals surface area contributed by atoms with E-state index < -0.39 is 11.8 Å². The fourth-order valence-electron chi connectivity index (χ4n) is 4.63. The predicted molar refractivity (Wildman–Crippen MR) is 122 cm³/mol. The highest BCUT2D eigenvalue weighted by Crippen LogP contribution is 2.50. The molecular formula is C25H33NO6. The standard InChI is InChI=1S/C25H33NO6/c1-6-7-8-14-32-25(28)20-15(2)26-17-10-9-11-18(27)22(17)21(20)16-12-13-19(29-3)24(31-5)23(16)30-4/h12-13,20-21H,6-11,14H2,1-5H3/t20?,21-/m0/s1. The molecule has 0 radical (unpaired) electrons. The molecule has 0 saturated carbocycles. The van der Waals surface area contributed by atoms with Crippen molar-refractivity contribution in [1.82, 2.24) is 0 Å². The third-order valence-electron chi connectivity index (χ3n) is 6.15. The molecule has 0 aromatic heterocycles. The summed E-state index contributed by atoms with van der Waals surface area (Å²) in [4.78, 5) is 31.1. The number of allylic oxidation sites excluding steroid dienone is 2. The highest BCUT2D eigenvalue weighted by atomic mass is 16.5. The van der Waals surface area contributed by atoms with E-state index in [0.29, 0.717) is 53.5 Å². The molecular weight excluding hydrogens is 410 g/mol. The molecule has 174 valence electrons. The number of ketones is 1. The van der Waals surface area contributed by atoms with Crippen molar-refractivity contribution in [3.8, 4) is 17.2 Å². The molecule has 2 aliphatic rings. The summed E-state index contributed by atoms with van der Waals surface area (Å²) < 4.78 is 22.4. The Labute approximate surface area is 189 Å². The van der Waals surface area contributed by atoms with E-state index in [9.17, 15) is 9.59 Å². The second-order valence-electron chi connectivity index (χ2n) is 8.14. The third kappa shape index (κ3) is 4.52. The second kappa shape index (κ2) is 10.7. The van der Waals surface area contributed by atoms with E-state index in [0.717, 1.165) is 31.4 Å². The largest absolute Gasteiger partial charge is 0.493 e. The number of carbonyl (C=O) groups excluding carboxylic acids is 2. The molecule has 0 N–H and O–H groups in total. The minimum Gasteiger partial charge on any atom is -0.493 e. The number of ether oxygens (including phenoxy) is 4. The Bertz CT molecular complexity index is 933. The van der Waals surface area contributed by atoms with Crippen LogP contribution in [0.15, 0.2) is 28.4 Å². The first-order valence-electron chi connectivity index (χ1n) is 11.2. The predicted octanol–water partition coefficient (Wildman–Crippen LogP) is 4.63. The van der Waals surface area contributed by atoms with Gasteiger partial charge in [-0.05, 0) is 32.3 Å². The lowest BCUT2D eigenvalue weighted by molar-refractivity contribution is -0.146. The van der Waals surface area contributed by atoms with Crippen LogP contribution in [0.4, 0.5) is 0 Å². The van der Waals surface area contributed by atoms with E-state index in [2.05, 4.69) is 11.9 Å². The summed E-state index contributed by atoms with van der Waals surface area (Å²) in [7, 11) is 4.63. The van der Waals surface area contributed by atoms with E-state index in [-0.39, 0.29) is 11.8 Å². The number of nitrogens with zero attached hydrogens (tertiary/aromatic N) is 1. The van der Waals surface area contributed by atoms with Gasteiger partial charge in [0, 0.05) is 34.9 Å². The minimum atomic E-state index is -0.704. The number of rotatable bonds is 9. The number of benzene rings is 1. The van der Waals surface area contributed by atoms with Crippen LogP contribution in [0.1, 0.15) is 63.9 Å². The molecule has 7 heteroatoms. The molecule has 0 fully saturated rings. The molecule has 32 heavy (non-hydrogen) atoms. The molecule has 1 aliphatic heterocycles. The molecule has 2 atom stereocenters. The van der Waals surface area contributed by atoms with Crippen LogP contribution >= 0.6 is 0 Å². The van der Waals surface area contributed by atoms with Gasteiger partial charge in [0.2, 0.25) is 5.75 Å². The van der Waals surface area contributed by atoms with Gasteiger partial charge in [-0.1, -0.05) is 25.8 Å². The zero-order chi connectivity index (χ0) is 23.3. The normalized spacial score (nSPS) is 20.4. The van der Waals surface area contributed by atoms with Crippen LogP contribution in [0.5, 0.6) is 17.2 Å². The van der Waals surface area contributed by atoms with Gasteiger partial charge < -0.3 is 18.9 Å². The van der Waals surface area contributed by atoms with E-state index in [1.165, 1.54) is 7.11 Å². The van der Waals surface area contributed by atoms with Gasteiger partial charge in [-0.3, -0.25) is 14.6 Å². The Morgan fingerprint density at radius 1 is 1.06 bits per heavy atom. The average Bonchev–Trinajstić information content (AvgIpc) is 2.79. The molecule has 1 aromatic carbocycles. The molecule has 0 saturated heterocycles. The summed E-state index contributed by atoms with van der Waals surface area (Å²) >= 11 is 0. The second-order valence-corrected chi connectivity index (χ2v) is 8.14. The van der Waals surface area contributed by atoms with Crippen LogP contribution < -0.4 is 14.2 Å². The zero-order valence-corrected chi connectivity index (χ0v) is 19.7. The van der Waals surface area contributed by atoms with Crippen LogP contribution in [0.2, 0.25) is 0 Å². The maximum atomic E-state index is 13.3. The number of unbranched alkanes of at least 4 members (excludes halogenated alkanes) is 2. The summed E-state index contributed by atoms with van der Waals surface area (Å²) in [6.45, 7) is 4.29. The van der Waals surface area contributed by atoms with E-state index in [1.807, 2.05) is 13.0 Å². The number of esters is 1. The van der Waals surface area contributed by atoms with Crippen molar-refractivity contribution in [3.05, 3.63) is 29.0 Å². The Morgan fingerprint density at radius 3 is 2.47 bits per heavy atom. The summed E-state index contributed by atoms with van der Waals surface area (Å²) in [5.74, 6) is -0.221. The van der Waals surface area contributed by atoms with Crippen LogP contribution in [-0.4, -0.2) is 45.4 Å².